The van der Waals surface area contributed by atoms with Gasteiger partial charge in [0.25, 0.3) is 0 Å². The zero-order valence-electron chi connectivity index (χ0n) is 11.2. The molecule has 1 N–H and O–H groups in total. The molecule has 2 aromatic rings. The largest absolute Gasteiger partial charge is 0.369 e. The molecule has 2 aromatic heterocycles. The summed E-state index contributed by atoms with van der Waals surface area (Å²) in [5.41, 5.74) is 0. The summed E-state index contributed by atoms with van der Waals surface area (Å²) in [5, 5.41) is 4.65. The van der Waals surface area contributed by atoms with Crippen molar-refractivity contribution in [3.05, 3.63) is 46.5 Å². The lowest BCUT2D eigenvalue weighted by Gasteiger charge is -2.32. The van der Waals surface area contributed by atoms with E-state index in [2.05, 4.69) is 10.3 Å². The third kappa shape index (κ3) is 3.37. The number of hydrogen-bond donors (Lipinski definition) is 1. The summed E-state index contributed by atoms with van der Waals surface area (Å²) in [6.07, 6.45) is 0.981. The van der Waals surface area contributed by atoms with Gasteiger partial charge in [0.2, 0.25) is 0 Å². The van der Waals surface area contributed by atoms with Gasteiger partial charge < -0.3 is 9.64 Å². The lowest BCUT2D eigenvalue weighted by atomic mass is 10.2. The second-order valence-electron chi connectivity index (χ2n) is 4.61. The molecule has 21 heavy (non-hydrogen) atoms. The van der Waals surface area contributed by atoms with Crippen LogP contribution in [0.25, 0.3) is 0 Å². The average Bonchev–Trinajstić information content (AvgIpc) is 3.04. The van der Waals surface area contributed by atoms with Gasteiger partial charge >= 0.3 is 6.03 Å². The van der Waals surface area contributed by atoms with E-state index in [4.69, 9.17) is 4.74 Å². The standard InChI is InChI=1S/C14H14FN3O2S/c15-10-3-4-13(16-8-10)17-14(19)18-5-6-20-11(9-18)12-2-1-7-21-12/h1-4,7-8,11H,5-6,9H2,(H,16,17,19)/t11-/m0/s1. The van der Waals surface area contributed by atoms with Gasteiger partial charge in [-0.25, -0.2) is 14.2 Å². The molecule has 3 heterocycles. The Balaban J connectivity index is 1.63. The van der Waals surface area contributed by atoms with Crippen LogP contribution in [0, 0.1) is 5.82 Å². The first kappa shape index (κ1) is 14.0. The van der Waals surface area contributed by atoms with Crippen LogP contribution in [0.4, 0.5) is 15.0 Å². The van der Waals surface area contributed by atoms with E-state index >= 15 is 0 Å². The molecule has 0 spiro atoms. The first-order valence-corrected chi connectivity index (χ1v) is 7.43. The number of carbonyl (C=O) groups is 1. The molecule has 7 heteroatoms. The minimum Gasteiger partial charge on any atom is -0.369 e. The number of nitrogens with one attached hydrogen (secondary N) is 1. The molecule has 110 valence electrons. The van der Waals surface area contributed by atoms with Gasteiger partial charge in [-0.1, -0.05) is 6.07 Å². The lowest BCUT2D eigenvalue weighted by molar-refractivity contribution is -0.0116. The van der Waals surface area contributed by atoms with Crippen LogP contribution in [-0.2, 0) is 4.74 Å². The van der Waals surface area contributed by atoms with Crippen molar-refractivity contribution in [2.75, 3.05) is 25.0 Å². The van der Waals surface area contributed by atoms with E-state index in [-0.39, 0.29) is 12.1 Å². The number of amides is 2. The Hall–Kier alpha value is -1.99. The van der Waals surface area contributed by atoms with Crippen LogP contribution in [-0.4, -0.2) is 35.6 Å². The SMILES string of the molecule is O=C(Nc1ccc(F)cn1)N1CCO[C@H](c2cccs2)C1. The highest BCUT2D eigenvalue weighted by Gasteiger charge is 2.26. The van der Waals surface area contributed by atoms with Crippen molar-refractivity contribution in [2.45, 2.75) is 6.10 Å². The third-order valence-electron chi connectivity index (χ3n) is 3.18. The van der Waals surface area contributed by atoms with Crippen LogP contribution in [0.5, 0.6) is 0 Å². The molecule has 1 atom stereocenters. The van der Waals surface area contributed by atoms with Crippen LogP contribution in [0.3, 0.4) is 0 Å². The van der Waals surface area contributed by atoms with Gasteiger partial charge in [0, 0.05) is 11.4 Å². The van der Waals surface area contributed by atoms with Gasteiger partial charge in [0.1, 0.15) is 17.7 Å². The smallest absolute Gasteiger partial charge is 0.323 e. The van der Waals surface area contributed by atoms with Crippen molar-refractivity contribution in [3.63, 3.8) is 0 Å². The fourth-order valence-corrected chi connectivity index (χ4v) is 2.88. The lowest BCUT2D eigenvalue weighted by Crippen LogP contribution is -2.44. The van der Waals surface area contributed by atoms with Crippen molar-refractivity contribution in [1.82, 2.24) is 9.88 Å². The van der Waals surface area contributed by atoms with Crippen LogP contribution in [0.2, 0.25) is 0 Å². The molecule has 0 radical (unpaired) electrons. The minimum absolute atomic E-state index is 0.0920. The fraction of sp³-hybridized carbons (Fsp3) is 0.286. The number of urea groups is 1. The number of pyridine rings is 1. The highest BCUT2D eigenvalue weighted by Crippen LogP contribution is 2.26. The van der Waals surface area contributed by atoms with Crippen LogP contribution in [0.1, 0.15) is 11.0 Å². The topological polar surface area (TPSA) is 54.5 Å². The molecular formula is C14H14FN3O2S. The van der Waals surface area contributed by atoms with Crippen molar-refractivity contribution in [2.24, 2.45) is 0 Å². The van der Waals surface area contributed by atoms with E-state index in [1.165, 1.54) is 12.1 Å². The number of rotatable bonds is 2. The summed E-state index contributed by atoms with van der Waals surface area (Å²) in [6, 6.07) is 6.41. The van der Waals surface area contributed by atoms with E-state index in [9.17, 15) is 9.18 Å². The predicted octanol–water partition coefficient (Wildman–Crippen LogP) is 2.89. The van der Waals surface area contributed by atoms with E-state index in [0.29, 0.717) is 25.5 Å². The molecule has 3 rings (SSSR count). The number of halogens is 1. The number of aromatic nitrogens is 1. The molecule has 1 aliphatic rings. The van der Waals surface area contributed by atoms with Crippen LogP contribution < -0.4 is 5.32 Å². The number of hydrogen-bond acceptors (Lipinski definition) is 4. The molecule has 0 saturated carbocycles. The number of thiophene rings is 1. The Morgan fingerprint density at radius 3 is 3.10 bits per heavy atom. The van der Waals surface area contributed by atoms with Crippen molar-refractivity contribution < 1.29 is 13.9 Å². The maximum Gasteiger partial charge on any atom is 0.323 e. The number of nitrogens with zero attached hydrogens (tertiary/aromatic N) is 2. The maximum absolute atomic E-state index is 12.8. The van der Waals surface area contributed by atoms with Gasteiger partial charge in [-0.05, 0) is 23.6 Å². The van der Waals surface area contributed by atoms with Gasteiger partial charge in [-0.2, -0.15) is 0 Å². The van der Waals surface area contributed by atoms with Gasteiger partial charge in [-0.15, -0.1) is 11.3 Å². The Labute approximate surface area is 125 Å². The Morgan fingerprint density at radius 1 is 1.48 bits per heavy atom. The van der Waals surface area contributed by atoms with E-state index in [0.717, 1.165) is 11.1 Å². The average molecular weight is 307 g/mol. The monoisotopic (exact) mass is 307 g/mol. The zero-order valence-corrected chi connectivity index (χ0v) is 12.0. The molecule has 0 bridgehead atoms. The zero-order chi connectivity index (χ0) is 14.7. The number of carbonyl (C=O) groups excluding carboxylic acids is 1. The summed E-state index contributed by atoms with van der Waals surface area (Å²) in [6.45, 7) is 1.51. The van der Waals surface area contributed by atoms with Gasteiger partial charge in [0.05, 0.1) is 19.3 Å². The van der Waals surface area contributed by atoms with E-state index < -0.39 is 5.82 Å². The molecule has 0 aromatic carbocycles. The first-order valence-electron chi connectivity index (χ1n) is 6.55. The molecule has 2 amide bonds. The van der Waals surface area contributed by atoms with Crippen molar-refractivity contribution in [3.8, 4) is 0 Å². The molecular weight excluding hydrogens is 293 g/mol. The molecule has 5 nitrogen and oxygen atoms in total. The molecule has 0 unspecified atom stereocenters. The normalized spacial score (nSPS) is 18.5. The number of ether oxygens (including phenoxy) is 1. The summed E-state index contributed by atoms with van der Waals surface area (Å²) in [7, 11) is 0. The van der Waals surface area contributed by atoms with Crippen molar-refractivity contribution in [1.29, 1.82) is 0 Å². The summed E-state index contributed by atoms with van der Waals surface area (Å²) >= 11 is 1.61. The number of morpholine rings is 1. The van der Waals surface area contributed by atoms with Gasteiger partial charge in [-0.3, -0.25) is 5.32 Å². The third-order valence-corrected chi connectivity index (χ3v) is 4.14. The minimum atomic E-state index is -0.433. The molecule has 0 aliphatic carbocycles. The van der Waals surface area contributed by atoms with E-state index in [1.54, 1.807) is 16.2 Å². The summed E-state index contributed by atoms with van der Waals surface area (Å²) in [4.78, 5) is 18.8. The second kappa shape index (κ2) is 6.19. The van der Waals surface area contributed by atoms with Crippen LogP contribution >= 0.6 is 11.3 Å². The Morgan fingerprint density at radius 2 is 2.38 bits per heavy atom. The Bertz CT molecular complexity index is 603. The maximum atomic E-state index is 12.8. The summed E-state index contributed by atoms with van der Waals surface area (Å²) in [5.74, 6) is -0.0994. The predicted molar refractivity (Wildman–Crippen MR) is 77.8 cm³/mol. The fourth-order valence-electron chi connectivity index (χ4n) is 2.12. The first-order chi connectivity index (χ1) is 10.2. The quantitative estimate of drug-likeness (QED) is 0.928. The molecule has 1 fully saturated rings. The molecule has 1 saturated heterocycles. The highest BCUT2D eigenvalue weighted by atomic mass is 32.1. The number of anilines is 1. The summed E-state index contributed by atoms with van der Waals surface area (Å²) < 4.78 is 18.5. The van der Waals surface area contributed by atoms with E-state index in [1.807, 2.05) is 17.5 Å². The van der Waals surface area contributed by atoms with Gasteiger partial charge in [0.15, 0.2) is 0 Å². The highest BCUT2D eigenvalue weighted by molar-refractivity contribution is 7.10. The van der Waals surface area contributed by atoms with Crippen molar-refractivity contribution >= 4 is 23.2 Å². The Kier molecular flexibility index (Phi) is 4.12. The van der Waals surface area contributed by atoms with Crippen LogP contribution in [0.15, 0.2) is 35.8 Å². The second-order valence-corrected chi connectivity index (χ2v) is 5.59. The molecule has 1 aliphatic heterocycles.